The van der Waals surface area contributed by atoms with Crippen molar-refractivity contribution in [2.45, 2.75) is 46.5 Å². The van der Waals surface area contributed by atoms with Crippen LogP contribution in [0.2, 0.25) is 0 Å². The third kappa shape index (κ3) is 34.5. The second-order valence-corrected chi connectivity index (χ2v) is 2.93. The summed E-state index contributed by atoms with van der Waals surface area (Å²) in [5.74, 6) is -0.833. The number of aliphatic carboxylic acids is 1. The van der Waals surface area contributed by atoms with Gasteiger partial charge in [0.2, 0.25) is 0 Å². The zero-order valence-corrected chi connectivity index (χ0v) is 9.10. The van der Waals surface area contributed by atoms with Crippen molar-refractivity contribution in [3.05, 3.63) is 0 Å². The topological polar surface area (TPSA) is 49.3 Å². The van der Waals surface area contributed by atoms with Gasteiger partial charge in [0.1, 0.15) is 0 Å². The first-order chi connectivity index (χ1) is 6.15. The Balaban J connectivity index is 0. The molecule has 0 spiro atoms. The van der Waals surface area contributed by atoms with Gasteiger partial charge in [0.15, 0.2) is 0 Å². The zero-order valence-electron chi connectivity index (χ0n) is 9.10. The summed E-state index contributed by atoms with van der Waals surface area (Å²) in [6.45, 7) is 7.80. The van der Waals surface area contributed by atoms with E-state index in [2.05, 4.69) is 19.2 Å². The van der Waals surface area contributed by atoms with Crippen LogP contribution in [0.15, 0.2) is 0 Å². The molecule has 0 saturated heterocycles. The molecule has 0 amide bonds. The van der Waals surface area contributed by atoms with E-state index >= 15 is 0 Å². The van der Waals surface area contributed by atoms with Crippen LogP contribution in [0, 0.1) is 0 Å². The predicted octanol–water partition coefficient (Wildman–Crippen LogP) is 2.27. The molecule has 0 heterocycles. The Morgan fingerprint density at radius 2 is 1.77 bits per heavy atom. The molecule has 3 heteroatoms. The van der Waals surface area contributed by atoms with E-state index in [0.29, 0.717) is 0 Å². The molecule has 0 radical (unpaired) electrons. The Hall–Kier alpha value is -0.570. The van der Waals surface area contributed by atoms with E-state index in [-0.39, 0.29) is 0 Å². The van der Waals surface area contributed by atoms with E-state index < -0.39 is 5.97 Å². The first-order valence-corrected chi connectivity index (χ1v) is 5.05. The molecule has 0 bridgehead atoms. The SMILES string of the molecule is CC(=O)O.CCCCCCNCC. The van der Waals surface area contributed by atoms with Crippen LogP contribution in [0.3, 0.4) is 0 Å². The lowest BCUT2D eigenvalue weighted by molar-refractivity contribution is -0.134. The van der Waals surface area contributed by atoms with Crippen LogP contribution in [0.25, 0.3) is 0 Å². The fraction of sp³-hybridized carbons (Fsp3) is 0.900. The minimum absolute atomic E-state index is 0.833. The lowest BCUT2D eigenvalue weighted by Gasteiger charge is -1.98. The summed E-state index contributed by atoms with van der Waals surface area (Å²) in [6.07, 6.45) is 5.47. The maximum atomic E-state index is 9.00. The smallest absolute Gasteiger partial charge is 0.300 e. The van der Waals surface area contributed by atoms with Gasteiger partial charge in [0, 0.05) is 6.92 Å². The highest BCUT2D eigenvalue weighted by molar-refractivity contribution is 5.62. The molecule has 0 aromatic heterocycles. The molecule has 0 rings (SSSR count). The van der Waals surface area contributed by atoms with E-state index in [1.54, 1.807) is 0 Å². The number of rotatable bonds is 6. The molecule has 0 aliphatic rings. The lowest BCUT2D eigenvalue weighted by atomic mass is 10.2. The highest BCUT2D eigenvalue weighted by Crippen LogP contribution is 1.96. The average molecular weight is 189 g/mol. The van der Waals surface area contributed by atoms with E-state index in [9.17, 15) is 0 Å². The van der Waals surface area contributed by atoms with E-state index in [1.165, 1.54) is 32.2 Å². The molecule has 0 unspecified atom stereocenters. The lowest BCUT2D eigenvalue weighted by Crippen LogP contribution is -2.13. The third-order valence-corrected chi connectivity index (χ3v) is 1.46. The summed E-state index contributed by atoms with van der Waals surface area (Å²) in [6, 6.07) is 0. The van der Waals surface area contributed by atoms with E-state index in [0.717, 1.165) is 13.5 Å². The standard InChI is InChI=1S/C8H19N.C2H4O2/c1-3-5-6-7-8-9-4-2;1-2(3)4/h9H,3-8H2,1-2H3;1H3,(H,3,4). The van der Waals surface area contributed by atoms with Crippen LogP contribution in [0.5, 0.6) is 0 Å². The second-order valence-electron chi connectivity index (χ2n) is 2.93. The Morgan fingerprint density at radius 3 is 2.15 bits per heavy atom. The van der Waals surface area contributed by atoms with Gasteiger partial charge in [-0.1, -0.05) is 33.1 Å². The first-order valence-electron chi connectivity index (χ1n) is 5.05. The van der Waals surface area contributed by atoms with Gasteiger partial charge < -0.3 is 10.4 Å². The van der Waals surface area contributed by atoms with Gasteiger partial charge in [-0.15, -0.1) is 0 Å². The normalized spacial score (nSPS) is 8.85. The van der Waals surface area contributed by atoms with Gasteiger partial charge in [-0.2, -0.15) is 0 Å². The number of carbonyl (C=O) groups is 1. The highest BCUT2D eigenvalue weighted by Gasteiger charge is 1.84. The average Bonchev–Trinajstić information content (AvgIpc) is 2.03. The van der Waals surface area contributed by atoms with Gasteiger partial charge in [-0.05, 0) is 19.5 Å². The minimum Gasteiger partial charge on any atom is -0.481 e. The summed E-state index contributed by atoms with van der Waals surface area (Å²) in [5.41, 5.74) is 0. The van der Waals surface area contributed by atoms with Crippen molar-refractivity contribution in [2.75, 3.05) is 13.1 Å². The van der Waals surface area contributed by atoms with Crippen LogP contribution < -0.4 is 5.32 Å². The van der Waals surface area contributed by atoms with Gasteiger partial charge in [-0.3, -0.25) is 4.79 Å². The van der Waals surface area contributed by atoms with Crippen LogP contribution in [0.4, 0.5) is 0 Å². The number of nitrogens with one attached hydrogen (secondary N) is 1. The summed E-state index contributed by atoms with van der Waals surface area (Å²) in [7, 11) is 0. The van der Waals surface area contributed by atoms with Crippen molar-refractivity contribution < 1.29 is 9.90 Å². The molecule has 2 N–H and O–H groups in total. The quantitative estimate of drug-likeness (QED) is 0.630. The third-order valence-electron chi connectivity index (χ3n) is 1.46. The highest BCUT2D eigenvalue weighted by atomic mass is 16.4. The fourth-order valence-corrected chi connectivity index (χ4v) is 0.854. The maximum absolute atomic E-state index is 9.00. The number of hydrogen-bond acceptors (Lipinski definition) is 2. The van der Waals surface area contributed by atoms with Crippen molar-refractivity contribution in [1.82, 2.24) is 5.32 Å². The van der Waals surface area contributed by atoms with Gasteiger partial charge >= 0.3 is 0 Å². The molecule has 0 aliphatic heterocycles. The van der Waals surface area contributed by atoms with Crippen molar-refractivity contribution in [2.24, 2.45) is 0 Å². The summed E-state index contributed by atoms with van der Waals surface area (Å²) >= 11 is 0. The van der Waals surface area contributed by atoms with Crippen LogP contribution in [-0.2, 0) is 4.79 Å². The van der Waals surface area contributed by atoms with Crippen LogP contribution >= 0.6 is 0 Å². The fourth-order valence-electron chi connectivity index (χ4n) is 0.854. The largest absolute Gasteiger partial charge is 0.481 e. The molecule has 0 fully saturated rings. The van der Waals surface area contributed by atoms with Crippen molar-refractivity contribution in [3.63, 3.8) is 0 Å². The molecular formula is C10H23NO2. The monoisotopic (exact) mass is 189 g/mol. The van der Waals surface area contributed by atoms with Crippen LogP contribution in [-0.4, -0.2) is 24.2 Å². The van der Waals surface area contributed by atoms with Gasteiger partial charge in [0.05, 0.1) is 0 Å². The predicted molar refractivity (Wildman–Crippen MR) is 56.0 cm³/mol. The molecule has 0 aliphatic carbocycles. The Labute approximate surface area is 81.5 Å². The zero-order chi connectivity index (χ0) is 10.5. The molecule has 0 saturated carbocycles. The molecule has 0 atom stereocenters. The molecular weight excluding hydrogens is 166 g/mol. The number of hydrogen-bond donors (Lipinski definition) is 2. The number of unbranched alkanes of at least 4 members (excludes halogenated alkanes) is 3. The summed E-state index contributed by atoms with van der Waals surface area (Å²) in [5, 5.41) is 10.7. The van der Waals surface area contributed by atoms with Crippen molar-refractivity contribution in [3.8, 4) is 0 Å². The van der Waals surface area contributed by atoms with Gasteiger partial charge in [0.25, 0.3) is 5.97 Å². The Kier molecular flexibility index (Phi) is 16.1. The first kappa shape index (κ1) is 14.9. The van der Waals surface area contributed by atoms with Gasteiger partial charge in [-0.25, -0.2) is 0 Å². The minimum atomic E-state index is -0.833. The number of carboxylic acid groups (broad SMARTS) is 1. The maximum Gasteiger partial charge on any atom is 0.300 e. The molecule has 80 valence electrons. The van der Waals surface area contributed by atoms with Crippen molar-refractivity contribution in [1.29, 1.82) is 0 Å². The van der Waals surface area contributed by atoms with Crippen LogP contribution in [0.1, 0.15) is 46.5 Å². The van der Waals surface area contributed by atoms with E-state index in [1.807, 2.05) is 0 Å². The molecule has 0 aromatic rings. The second kappa shape index (κ2) is 14.0. The summed E-state index contributed by atoms with van der Waals surface area (Å²) in [4.78, 5) is 9.00. The number of carboxylic acids is 1. The van der Waals surface area contributed by atoms with E-state index in [4.69, 9.17) is 9.90 Å². The van der Waals surface area contributed by atoms with Crippen molar-refractivity contribution >= 4 is 5.97 Å². The molecule has 0 aromatic carbocycles. The molecule has 13 heavy (non-hydrogen) atoms. The summed E-state index contributed by atoms with van der Waals surface area (Å²) < 4.78 is 0. The molecule has 3 nitrogen and oxygen atoms in total. The Bertz CT molecular complexity index is 95.1. The Morgan fingerprint density at radius 1 is 1.23 bits per heavy atom.